The highest BCUT2D eigenvalue weighted by Gasteiger charge is 2.22. The summed E-state index contributed by atoms with van der Waals surface area (Å²) in [4.78, 5) is 20.4. The zero-order valence-corrected chi connectivity index (χ0v) is 17.3. The predicted octanol–water partition coefficient (Wildman–Crippen LogP) is 3.72. The molecule has 0 spiro atoms. The third-order valence-electron chi connectivity index (χ3n) is 6.29. The van der Waals surface area contributed by atoms with Crippen LogP contribution in [0.25, 0.3) is 22.6 Å². The van der Waals surface area contributed by atoms with Gasteiger partial charge in [-0.2, -0.15) is 0 Å². The Balaban J connectivity index is 1.47. The molecule has 2 fully saturated rings. The molecule has 0 amide bonds. The number of fused-ring (bicyclic) bond motifs is 1. The number of H-pyrrole nitrogens is 1. The third-order valence-corrected chi connectivity index (χ3v) is 6.29. The van der Waals surface area contributed by atoms with Gasteiger partial charge in [0.1, 0.15) is 11.3 Å². The number of hydrogen-bond donors (Lipinski definition) is 3. The van der Waals surface area contributed by atoms with Crippen molar-refractivity contribution in [3.05, 3.63) is 36.2 Å². The van der Waals surface area contributed by atoms with Gasteiger partial charge in [-0.25, -0.2) is 15.0 Å². The van der Waals surface area contributed by atoms with Gasteiger partial charge in [-0.05, 0) is 51.6 Å². The Hall–Kier alpha value is -2.51. The predicted molar refractivity (Wildman–Crippen MR) is 118 cm³/mol. The highest BCUT2D eigenvalue weighted by Crippen LogP contribution is 2.28. The number of aromatic nitrogens is 4. The summed E-state index contributed by atoms with van der Waals surface area (Å²) in [6.07, 6.45) is 7.24. The number of rotatable bonds is 5. The number of aliphatic hydroxyl groups excluding tert-OH is 1. The molecule has 1 aliphatic heterocycles. The van der Waals surface area contributed by atoms with Crippen molar-refractivity contribution in [1.82, 2.24) is 24.8 Å². The van der Waals surface area contributed by atoms with Crippen molar-refractivity contribution in [2.24, 2.45) is 0 Å². The topological polar surface area (TPSA) is 90.0 Å². The minimum atomic E-state index is -0.170. The second kappa shape index (κ2) is 8.70. The van der Waals surface area contributed by atoms with Crippen molar-refractivity contribution in [3.8, 4) is 11.4 Å². The van der Waals surface area contributed by atoms with Gasteiger partial charge in [0, 0.05) is 11.6 Å². The quantitative estimate of drug-likeness (QED) is 0.598. The molecule has 0 radical (unpaired) electrons. The average Bonchev–Trinajstić information content (AvgIpc) is 3.19. The van der Waals surface area contributed by atoms with E-state index in [1.54, 1.807) is 0 Å². The molecule has 0 atom stereocenters. The first-order chi connectivity index (χ1) is 14.7. The van der Waals surface area contributed by atoms with E-state index in [4.69, 9.17) is 15.0 Å². The van der Waals surface area contributed by atoms with Crippen LogP contribution in [0.15, 0.2) is 30.3 Å². The number of likely N-dealkylation sites (tertiary alicyclic amines) is 1. The van der Waals surface area contributed by atoms with Gasteiger partial charge >= 0.3 is 0 Å². The molecule has 5 rings (SSSR count). The van der Waals surface area contributed by atoms with Crippen LogP contribution in [0.2, 0.25) is 0 Å². The molecular weight excluding hydrogens is 376 g/mol. The smallest absolute Gasteiger partial charge is 0.183 e. The molecule has 1 saturated carbocycles. The van der Waals surface area contributed by atoms with Gasteiger partial charge in [-0.1, -0.05) is 36.8 Å². The first kappa shape index (κ1) is 19.5. The number of nitrogens with one attached hydrogen (secondary N) is 2. The van der Waals surface area contributed by atoms with Gasteiger partial charge in [0.25, 0.3) is 0 Å². The molecule has 3 heterocycles. The molecule has 2 aromatic heterocycles. The zero-order valence-electron chi connectivity index (χ0n) is 17.3. The maximum absolute atomic E-state index is 9.84. The highest BCUT2D eigenvalue weighted by molar-refractivity contribution is 5.85. The van der Waals surface area contributed by atoms with Crippen LogP contribution in [0.3, 0.4) is 0 Å². The number of anilines is 1. The molecule has 1 saturated heterocycles. The van der Waals surface area contributed by atoms with Crippen molar-refractivity contribution in [2.45, 2.75) is 63.6 Å². The third kappa shape index (κ3) is 4.32. The van der Waals surface area contributed by atoms with Gasteiger partial charge in [-0.15, -0.1) is 0 Å². The molecule has 0 unspecified atom stereocenters. The Morgan fingerprint density at radius 3 is 2.50 bits per heavy atom. The van der Waals surface area contributed by atoms with Crippen molar-refractivity contribution in [3.63, 3.8) is 0 Å². The Bertz CT molecular complexity index is 974. The Kier molecular flexibility index (Phi) is 5.64. The second-order valence-electron chi connectivity index (χ2n) is 8.63. The largest absolute Gasteiger partial charge is 0.393 e. The molecule has 30 heavy (non-hydrogen) atoms. The molecule has 158 valence electrons. The van der Waals surface area contributed by atoms with Crippen molar-refractivity contribution < 1.29 is 5.11 Å². The van der Waals surface area contributed by atoms with E-state index >= 15 is 0 Å². The first-order valence-corrected chi connectivity index (χ1v) is 11.2. The van der Waals surface area contributed by atoms with E-state index in [2.05, 4.69) is 15.2 Å². The maximum atomic E-state index is 9.84. The van der Waals surface area contributed by atoms with E-state index in [9.17, 15) is 5.11 Å². The van der Waals surface area contributed by atoms with E-state index in [0.717, 1.165) is 68.0 Å². The van der Waals surface area contributed by atoms with E-state index in [-0.39, 0.29) is 6.10 Å². The lowest BCUT2D eigenvalue weighted by molar-refractivity contribution is 0.126. The number of piperidine rings is 1. The number of imidazole rings is 1. The molecule has 7 heteroatoms. The van der Waals surface area contributed by atoms with Gasteiger partial charge < -0.3 is 15.4 Å². The number of benzene rings is 1. The fraction of sp³-hybridized carbons (Fsp3) is 0.522. The van der Waals surface area contributed by atoms with Gasteiger partial charge in [0.2, 0.25) is 0 Å². The zero-order chi connectivity index (χ0) is 20.3. The summed E-state index contributed by atoms with van der Waals surface area (Å²) in [5.74, 6) is 2.46. The number of nitrogens with zero attached hydrogens (tertiary/aromatic N) is 4. The van der Waals surface area contributed by atoms with Gasteiger partial charge in [-0.3, -0.25) is 4.90 Å². The SMILES string of the molecule is OC1CCC(Nc2nc(-c3ccccc3)nc3nc(CN4CCCCC4)[nH]c23)CC1. The molecule has 0 bridgehead atoms. The molecule has 2 aliphatic rings. The van der Waals surface area contributed by atoms with Crippen molar-refractivity contribution >= 4 is 17.0 Å². The Morgan fingerprint density at radius 2 is 1.73 bits per heavy atom. The van der Waals surface area contributed by atoms with Crippen LogP contribution in [0, 0.1) is 0 Å². The molecule has 1 aliphatic carbocycles. The second-order valence-corrected chi connectivity index (χ2v) is 8.63. The monoisotopic (exact) mass is 406 g/mol. The number of hydrogen-bond acceptors (Lipinski definition) is 6. The molecule has 3 N–H and O–H groups in total. The molecule has 1 aromatic carbocycles. The minimum absolute atomic E-state index is 0.170. The van der Waals surface area contributed by atoms with Crippen LogP contribution in [0.1, 0.15) is 50.8 Å². The van der Waals surface area contributed by atoms with Gasteiger partial charge in [0.05, 0.1) is 12.6 Å². The summed E-state index contributed by atoms with van der Waals surface area (Å²) >= 11 is 0. The van der Waals surface area contributed by atoms with Crippen LogP contribution in [0.5, 0.6) is 0 Å². The number of aliphatic hydroxyl groups is 1. The lowest BCUT2D eigenvalue weighted by atomic mass is 9.93. The van der Waals surface area contributed by atoms with E-state index < -0.39 is 0 Å². The molecule has 3 aromatic rings. The lowest BCUT2D eigenvalue weighted by Crippen LogP contribution is -2.29. The molecular formula is C23H30N6O. The number of aromatic amines is 1. The summed E-state index contributed by atoms with van der Waals surface area (Å²) in [6, 6.07) is 10.4. The fourth-order valence-corrected chi connectivity index (χ4v) is 4.58. The van der Waals surface area contributed by atoms with Crippen molar-refractivity contribution in [2.75, 3.05) is 18.4 Å². The normalized spacial score (nSPS) is 23.0. The van der Waals surface area contributed by atoms with Crippen LogP contribution < -0.4 is 5.32 Å². The van der Waals surface area contributed by atoms with E-state index in [0.29, 0.717) is 17.5 Å². The van der Waals surface area contributed by atoms with E-state index in [1.165, 1.54) is 19.3 Å². The summed E-state index contributed by atoms with van der Waals surface area (Å²) in [6.45, 7) is 3.09. The van der Waals surface area contributed by atoms with Gasteiger partial charge in [0.15, 0.2) is 17.3 Å². The summed E-state index contributed by atoms with van der Waals surface area (Å²) in [5.41, 5.74) is 2.59. The maximum Gasteiger partial charge on any atom is 0.183 e. The minimum Gasteiger partial charge on any atom is -0.393 e. The summed E-state index contributed by atoms with van der Waals surface area (Å²) < 4.78 is 0. The summed E-state index contributed by atoms with van der Waals surface area (Å²) in [5, 5.41) is 13.5. The lowest BCUT2D eigenvalue weighted by Gasteiger charge is -2.26. The van der Waals surface area contributed by atoms with Crippen LogP contribution in [0.4, 0.5) is 5.82 Å². The van der Waals surface area contributed by atoms with Crippen molar-refractivity contribution in [1.29, 1.82) is 0 Å². The van der Waals surface area contributed by atoms with Crippen LogP contribution >= 0.6 is 0 Å². The van der Waals surface area contributed by atoms with Crippen LogP contribution in [-0.2, 0) is 6.54 Å². The average molecular weight is 407 g/mol. The van der Waals surface area contributed by atoms with Crippen LogP contribution in [-0.4, -0.2) is 55.2 Å². The van der Waals surface area contributed by atoms with E-state index in [1.807, 2.05) is 30.3 Å². The Labute approximate surface area is 177 Å². The highest BCUT2D eigenvalue weighted by atomic mass is 16.3. The standard InChI is InChI=1S/C23H30N6O/c30-18-11-9-17(10-12-18)24-22-20-23(28-21(27-22)16-7-3-1-4-8-16)26-19(25-20)15-29-13-5-2-6-14-29/h1,3-4,7-8,17-18,30H,2,5-6,9-15H2,(H2,24,25,26,27,28). The Morgan fingerprint density at radius 1 is 0.967 bits per heavy atom. The fourth-order valence-electron chi connectivity index (χ4n) is 4.58. The molecule has 7 nitrogen and oxygen atoms in total. The first-order valence-electron chi connectivity index (χ1n) is 11.2. The summed E-state index contributed by atoms with van der Waals surface area (Å²) in [7, 11) is 0.